The number of aryl methyl sites for hydroxylation is 1. The number of anilines is 2. The molecule has 3 heterocycles. The molecule has 1 fully saturated rings. The first-order valence-corrected chi connectivity index (χ1v) is 13.5. The second-order valence-corrected chi connectivity index (χ2v) is 11.0. The summed E-state index contributed by atoms with van der Waals surface area (Å²) < 4.78 is 47.8. The van der Waals surface area contributed by atoms with Crippen molar-refractivity contribution in [2.24, 2.45) is 0 Å². The van der Waals surface area contributed by atoms with E-state index >= 15 is 0 Å². The van der Waals surface area contributed by atoms with Crippen LogP contribution in [0.5, 0.6) is 5.75 Å². The second-order valence-electron chi connectivity index (χ2n) is 11.0. The van der Waals surface area contributed by atoms with Gasteiger partial charge >= 0.3 is 0 Å². The summed E-state index contributed by atoms with van der Waals surface area (Å²) >= 11 is 0. The van der Waals surface area contributed by atoms with Crippen molar-refractivity contribution in [2.75, 3.05) is 23.3 Å². The molecule has 0 saturated carbocycles. The van der Waals surface area contributed by atoms with Crippen LogP contribution >= 0.6 is 0 Å². The van der Waals surface area contributed by atoms with Crippen LogP contribution in [-0.2, 0) is 4.79 Å². The van der Waals surface area contributed by atoms with E-state index in [1.165, 1.54) is 12.1 Å². The number of amides is 1. The highest BCUT2D eigenvalue weighted by atomic mass is 19.3. The molecule has 214 valence electrons. The Bertz CT molecular complexity index is 1450. The number of halogens is 3. The van der Waals surface area contributed by atoms with Gasteiger partial charge in [-0.25, -0.2) is 23.1 Å². The molecule has 2 aliphatic heterocycles. The molecule has 2 N–H and O–H groups in total. The van der Waals surface area contributed by atoms with Crippen molar-refractivity contribution < 1.29 is 27.8 Å². The van der Waals surface area contributed by atoms with Gasteiger partial charge in [0.2, 0.25) is 5.91 Å². The van der Waals surface area contributed by atoms with Gasteiger partial charge in [0.25, 0.3) is 6.43 Å². The van der Waals surface area contributed by atoms with Gasteiger partial charge in [-0.05, 0) is 40.2 Å². The molecule has 0 radical (unpaired) electrons. The van der Waals surface area contributed by atoms with Crippen molar-refractivity contribution in [3.8, 4) is 5.75 Å². The van der Waals surface area contributed by atoms with Crippen molar-refractivity contribution in [1.82, 2.24) is 14.9 Å². The number of nitrogens with zero attached hydrogens (tertiary/aromatic N) is 4. The summed E-state index contributed by atoms with van der Waals surface area (Å²) in [4.78, 5) is 25.2. The molecule has 3 aromatic rings. The third-order valence-corrected chi connectivity index (χ3v) is 7.75. The van der Waals surface area contributed by atoms with Crippen LogP contribution in [0, 0.1) is 12.7 Å². The van der Waals surface area contributed by atoms with E-state index in [1.807, 2.05) is 36.6 Å². The highest BCUT2D eigenvalue weighted by Gasteiger charge is 2.45. The van der Waals surface area contributed by atoms with Crippen molar-refractivity contribution in [3.05, 3.63) is 53.1 Å². The fourth-order valence-electron chi connectivity index (χ4n) is 5.63. The van der Waals surface area contributed by atoms with E-state index in [9.17, 15) is 23.1 Å². The Morgan fingerprint density at radius 2 is 1.98 bits per heavy atom. The Morgan fingerprint density at radius 3 is 2.67 bits per heavy atom. The van der Waals surface area contributed by atoms with Gasteiger partial charge in [-0.1, -0.05) is 25.1 Å². The van der Waals surface area contributed by atoms with Crippen LogP contribution in [0.15, 0.2) is 30.3 Å². The Morgan fingerprint density at radius 1 is 1.25 bits per heavy atom. The third-order valence-electron chi connectivity index (χ3n) is 7.75. The summed E-state index contributed by atoms with van der Waals surface area (Å²) in [6.45, 7) is 9.93. The Balaban J connectivity index is 1.57. The van der Waals surface area contributed by atoms with Crippen LogP contribution in [0.3, 0.4) is 0 Å². The predicted octanol–water partition coefficient (Wildman–Crippen LogP) is 5.49. The van der Waals surface area contributed by atoms with Crippen molar-refractivity contribution in [3.63, 3.8) is 0 Å². The van der Waals surface area contributed by atoms with Crippen molar-refractivity contribution in [2.45, 2.75) is 77.8 Å². The number of alkyl halides is 2. The first-order chi connectivity index (χ1) is 18.9. The smallest absolute Gasteiger partial charge is 0.266 e. The predicted molar refractivity (Wildman–Crippen MR) is 146 cm³/mol. The molecule has 0 spiro atoms. The molecule has 0 aliphatic carbocycles. The quantitative estimate of drug-likeness (QED) is 0.414. The molecule has 3 atom stereocenters. The minimum Gasteiger partial charge on any atom is -0.481 e. The summed E-state index contributed by atoms with van der Waals surface area (Å²) in [5, 5.41) is 15.2. The Labute approximate surface area is 231 Å². The Kier molecular flexibility index (Phi) is 7.28. The zero-order chi connectivity index (χ0) is 28.9. The maximum atomic E-state index is 14.9. The number of rotatable bonds is 6. The van der Waals surface area contributed by atoms with E-state index in [4.69, 9.17) is 4.74 Å². The van der Waals surface area contributed by atoms with E-state index in [0.717, 1.165) is 6.07 Å². The summed E-state index contributed by atoms with van der Waals surface area (Å²) in [5.41, 5.74) is -0.295. The number of likely N-dealkylation sites (tertiary alicyclic amines) is 1. The number of hydrogen-bond acceptors (Lipinski definition) is 7. The molecule has 2 aliphatic rings. The fourth-order valence-corrected chi connectivity index (χ4v) is 5.63. The number of aliphatic hydroxyl groups excluding tert-OH is 1. The molecule has 0 bridgehead atoms. The number of carbonyl (C=O) groups is 1. The maximum Gasteiger partial charge on any atom is 0.266 e. The zero-order valence-electron chi connectivity index (χ0n) is 23.2. The molecule has 40 heavy (non-hydrogen) atoms. The molecule has 5 rings (SSSR count). The van der Waals surface area contributed by atoms with Gasteiger partial charge in [0.15, 0.2) is 6.23 Å². The van der Waals surface area contributed by atoms with Gasteiger partial charge in [0.1, 0.15) is 28.8 Å². The number of fused-ring (bicyclic) bond motifs is 2. The van der Waals surface area contributed by atoms with Crippen LogP contribution in [0.1, 0.15) is 70.0 Å². The number of carbonyl (C=O) groups excluding carboxylic acids is 1. The minimum absolute atomic E-state index is 0.0655. The van der Waals surface area contributed by atoms with Crippen LogP contribution in [0.25, 0.3) is 10.9 Å². The normalized spacial score (nSPS) is 20.9. The molecule has 1 aromatic heterocycles. The van der Waals surface area contributed by atoms with E-state index in [0.29, 0.717) is 59.9 Å². The van der Waals surface area contributed by atoms with E-state index < -0.39 is 35.7 Å². The molecule has 2 aromatic carbocycles. The highest BCUT2D eigenvalue weighted by molar-refractivity contribution is 5.94. The number of benzene rings is 2. The average molecular weight is 558 g/mol. The molecule has 11 heteroatoms. The zero-order valence-corrected chi connectivity index (χ0v) is 23.2. The van der Waals surface area contributed by atoms with E-state index in [-0.39, 0.29) is 17.5 Å². The maximum absolute atomic E-state index is 14.9. The average Bonchev–Trinajstić information content (AvgIpc) is 3.37. The summed E-state index contributed by atoms with van der Waals surface area (Å²) in [7, 11) is 0. The lowest BCUT2D eigenvalue weighted by Gasteiger charge is -2.47. The molecule has 1 amide bonds. The van der Waals surface area contributed by atoms with E-state index in [2.05, 4.69) is 15.3 Å². The standard InChI is InChI=1S/C29H34F3N5O3/c1-6-24(38)36-11-10-17(14-36)37-22-12-20-21(13-23(22)40-29(4,5)28(37)39)34-16(3)35-27(20)33-15(2)18-8-7-9-19(25(18)30)26(31)32/h7-9,12-13,15,17,26,28,39H,6,10-11,14H2,1-5H3,(H,33,34,35)/t15-,17?,28?/m1/s1. The lowest BCUT2D eigenvalue weighted by Crippen LogP contribution is -2.59. The largest absolute Gasteiger partial charge is 0.481 e. The molecule has 2 unspecified atom stereocenters. The highest BCUT2D eigenvalue weighted by Crippen LogP contribution is 2.45. The van der Waals surface area contributed by atoms with Gasteiger partial charge in [-0.3, -0.25) is 4.79 Å². The molecular weight excluding hydrogens is 523 g/mol. The summed E-state index contributed by atoms with van der Waals surface area (Å²) in [6, 6.07) is 6.74. The van der Waals surface area contributed by atoms with Crippen LogP contribution in [-0.4, -0.2) is 56.8 Å². The van der Waals surface area contributed by atoms with Crippen LogP contribution < -0.4 is 15.0 Å². The lowest BCUT2D eigenvalue weighted by molar-refractivity contribution is -0.129. The number of hydrogen-bond donors (Lipinski definition) is 2. The van der Waals surface area contributed by atoms with Gasteiger partial charge in [-0.15, -0.1) is 0 Å². The molecule has 8 nitrogen and oxygen atoms in total. The van der Waals surface area contributed by atoms with Gasteiger partial charge in [-0.2, -0.15) is 0 Å². The number of nitrogens with one attached hydrogen (secondary N) is 1. The minimum atomic E-state index is -2.93. The van der Waals surface area contributed by atoms with Gasteiger partial charge < -0.3 is 25.0 Å². The van der Waals surface area contributed by atoms with Crippen molar-refractivity contribution in [1.29, 1.82) is 0 Å². The van der Waals surface area contributed by atoms with Gasteiger partial charge in [0, 0.05) is 36.5 Å². The van der Waals surface area contributed by atoms with Crippen LogP contribution in [0.2, 0.25) is 0 Å². The lowest BCUT2D eigenvalue weighted by atomic mass is 9.98. The number of ether oxygens (including phenoxy) is 1. The Hall–Kier alpha value is -3.60. The number of aromatic nitrogens is 2. The summed E-state index contributed by atoms with van der Waals surface area (Å²) in [5.74, 6) is 0.502. The second kappa shape index (κ2) is 10.4. The third kappa shape index (κ3) is 4.91. The number of aliphatic hydroxyl groups is 1. The van der Waals surface area contributed by atoms with Crippen LogP contribution in [0.4, 0.5) is 24.7 Å². The monoisotopic (exact) mass is 557 g/mol. The van der Waals surface area contributed by atoms with Gasteiger partial charge in [0.05, 0.1) is 28.9 Å². The topological polar surface area (TPSA) is 90.8 Å². The van der Waals surface area contributed by atoms with Crippen molar-refractivity contribution >= 4 is 28.3 Å². The molecular formula is C29H34F3N5O3. The SMILES string of the molecule is CCC(=O)N1CCC(N2c3cc4c(N[C@H](C)c5cccc(C(F)F)c5F)nc(C)nc4cc3OC(C)(C)C2O)C1. The molecule has 1 saturated heterocycles. The van der Waals surface area contributed by atoms with E-state index in [1.54, 1.807) is 19.9 Å². The first kappa shape index (κ1) is 27.9. The fraction of sp³-hybridized carbons (Fsp3) is 0.483. The summed E-state index contributed by atoms with van der Waals surface area (Å²) in [6.07, 6.45) is -2.83. The first-order valence-electron chi connectivity index (χ1n) is 13.5.